The van der Waals surface area contributed by atoms with E-state index < -0.39 is 5.97 Å². The maximum atomic E-state index is 12.0. The van der Waals surface area contributed by atoms with Gasteiger partial charge < -0.3 is 19.5 Å². The highest BCUT2D eigenvalue weighted by atomic mass is 16.5. The van der Waals surface area contributed by atoms with Gasteiger partial charge in [0.05, 0.1) is 14.2 Å². The van der Waals surface area contributed by atoms with Crippen molar-refractivity contribution in [1.29, 1.82) is 0 Å². The van der Waals surface area contributed by atoms with Crippen molar-refractivity contribution in [1.82, 2.24) is 0 Å². The molecule has 142 valence electrons. The first-order chi connectivity index (χ1) is 13.1. The van der Waals surface area contributed by atoms with Crippen molar-refractivity contribution in [2.75, 3.05) is 26.1 Å². The lowest BCUT2D eigenvalue weighted by Gasteiger charge is -2.09. The fourth-order valence-electron chi connectivity index (χ4n) is 2.44. The first-order valence-electron chi connectivity index (χ1n) is 8.52. The van der Waals surface area contributed by atoms with E-state index in [0.29, 0.717) is 11.5 Å². The molecule has 0 aliphatic carbocycles. The molecule has 6 heteroatoms. The molecule has 0 heterocycles. The van der Waals surface area contributed by atoms with E-state index in [1.54, 1.807) is 31.4 Å². The summed E-state index contributed by atoms with van der Waals surface area (Å²) in [5.74, 6) is 0.163. The van der Waals surface area contributed by atoms with Crippen LogP contribution in [0.4, 0.5) is 5.69 Å². The minimum atomic E-state index is -0.608. The fourth-order valence-corrected chi connectivity index (χ4v) is 2.44. The number of hydrogen-bond acceptors (Lipinski definition) is 5. The summed E-state index contributed by atoms with van der Waals surface area (Å²) in [4.78, 5) is 23.8. The summed E-state index contributed by atoms with van der Waals surface area (Å²) in [5.41, 5.74) is 2.48. The zero-order valence-electron chi connectivity index (χ0n) is 15.7. The van der Waals surface area contributed by atoms with Gasteiger partial charge in [0, 0.05) is 11.8 Å². The third-order valence-corrected chi connectivity index (χ3v) is 3.84. The second-order valence-corrected chi connectivity index (χ2v) is 5.61. The van der Waals surface area contributed by atoms with Crippen molar-refractivity contribution in [3.8, 4) is 11.5 Å². The fraction of sp³-hybridized carbons (Fsp3) is 0.238. The molecule has 0 saturated heterocycles. The van der Waals surface area contributed by atoms with Crippen LogP contribution in [0.2, 0.25) is 0 Å². The number of aryl methyl sites for hydroxylation is 1. The Bertz CT molecular complexity index is 829. The molecule has 0 aliphatic rings. The maximum absolute atomic E-state index is 12.0. The lowest BCUT2D eigenvalue weighted by molar-refractivity contribution is -0.142. The predicted octanol–water partition coefficient (Wildman–Crippen LogP) is 3.46. The number of nitrogens with one attached hydrogen (secondary N) is 1. The van der Waals surface area contributed by atoms with Crippen LogP contribution in [-0.4, -0.2) is 32.7 Å². The first kappa shape index (κ1) is 20.0. The van der Waals surface area contributed by atoms with E-state index in [1.165, 1.54) is 13.2 Å². The third kappa shape index (κ3) is 5.88. The van der Waals surface area contributed by atoms with Crippen LogP contribution in [0.15, 0.2) is 48.5 Å². The van der Waals surface area contributed by atoms with E-state index in [2.05, 4.69) is 5.32 Å². The molecule has 0 unspecified atom stereocenters. The number of rotatable bonds is 8. The number of methoxy groups -OCH3 is 2. The van der Waals surface area contributed by atoms with E-state index in [4.69, 9.17) is 14.2 Å². The summed E-state index contributed by atoms with van der Waals surface area (Å²) < 4.78 is 15.4. The Morgan fingerprint density at radius 3 is 2.48 bits per heavy atom. The zero-order chi connectivity index (χ0) is 19.6. The molecule has 2 aromatic rings. The Morgan fingerprint density at radius 1 is 1.04 bits per heavy atom. The molecule has 0 fully saturated rings. The highest BCUT2D eigenvalue weighted by Crippen LogP contribution is 2.27. The average molecular weight is 369 g/mol. The van der Waals surface area contributed by atoms with Crippen molar-refractivity contribution in [2.24, 2.45) is 0 Å². The molecule has 1 amide bonds. The van der Waals surface area contributed by atoms with Crippen molar-refractivity contribution < 1.29 is 23.8 Å². The van der Waals surface area contributed by atoms with Gasteiger partial charge in [0.25, 0.3) is 5.91 Å². The highest BCUT2D eigenvalue weighted by Gasteiger charge is 2.08. The lowest BCUT2D eigenvalue weighted by atomic mass is 10.1. The largest absolute Gasteiger partial charge is 0.493 e. The van der Waals surface area contributed by atoms with Crippen molar-refractivity contribution in [2.45, 2.75) is 13.3 Å². The molecular weight excluding hydrogens is 346 g/mol. The molecule has 0 aliphatic heterocycles. The van der Waals surface area contributed by atoms with Crippen LogP contribution in [0, 0.1) is 0 Å². The second-order valence-electron chi connectivity index (χ2n) is 5.61. The molecule has 27 heavy (non-hydrogen) atoms. The number of para-hydroxylation sites is 1. The Balaban J connectivity index is 1.88. The monoisotopic (exact) mass is 369 g/mol. The standard InChI is InChI=1S/C21H23NO5/c1-4-16-7-5-6-8-17(16)22-20(23)14-27-21(24)12-10-15-9-11-18(25-2)19(13-15)26-3/h5-13H,4,14H2,1-3H3,(H,22,23)/b12-10+. The van der Waals surface area contributed by atoms with Gasteiger partial charge >= 0.3 is 5.97 Å². The Labute approximate surface area is 158 Å². The van der Waals surface area contributed by atoms with Gasteiger partial charge in [-0.05, 0) is 41.8 Å². The number of benzene rings is 2. The van der Waals surface area contributed by atoms with Gasteiger partial charge in [0.1, 0.15) is 0 Å². The van der Waals surface area contributed by atoms with Crippen molar-refractivity contribution in [3.63, 3.8) is 0 Å². The molecule has 0 radical (unpaired) electrons. The summed E-state index contributed by atoms with van der Waals surface area (Å²) in [6, 6.07) is 12.8. The van der Waals surface area contributed by atoms with Crippen LogP contribution in [0.5, 0.6) is 11.5 Å². The van der Waals surface area contributed by atoms with Gasteiger partial charge in [0.2, 0.25) is 0 Å². The number of carbonyl (C=O) groups is 2. The second kappa shape index (κ2) is 10.0. The summed E-state index contributed by atoms with van der Waals surface area (Å²) in [5, 5.41) is 2.75. The number of amides is 1. The molecule has 0 atom stereocenters. The quantitative estimate of drug-likeness (QED) is 0.570. The molecular formula is C21H23NO5. The lowest BCUT2D eigenvalue weighted by Crippen LogP contribution is -2.20. The summed E-state index contributed by atoms with van der Waals surface area (Å²) in [7, 11) is 3.09. The molecule has 2 rings (SSSR count). The molecule has 0 bridgehead atoms. The first-order valence-corrected chi connectivity index (χ1v) is 8.52. The van der Waals surface area contributed by atoms with Crippen LogP contribution in [0.25, 0.3) is 6.08 Å². The average Bonchev–Trinajstić information content (AvgIpc) is 2.70. The third-order valence-electron chi connectivity index (χ3n) is 3.84. The Morgan fingerprint density at radius 2 is 1.78 bits per heavy atom. The zero-order valence-corrected chi connectivity index (χ0v) is 15.7. The van der Waals surface area contributed by atoms with Gasteiger partial charge in [-0.1, -0.05) is 31.2 Å². The summed E-state index contributed by atoms with van der Waals surface area (Å²) >= 11 is 0. The van der Waals surface area contributed by atoms with E-state index in [-0.39, 0.29) is 12.5 Å². The highest BCUT2D eigenvalue weighted by molar-refractivity contribution is 5.95. The topological polar surface area (TPSA) is 73.9 Å². The number of ether oxygens (including phenoxy) is 3. The Hall–Kier alpha value is -3.28. The number of anilines is 1. The number of carbonyl (C=O) groups excluding carboxylic acids is 2. The molecule has 0 spiro atoms. The van der Waals surface area contributed by atoms with Crippen LogP contribution < -0.4 is 14.8 Å². The minimum Gasteiger partial charge on any atom is -0.493 e. The SMILES string of the molecule is CCc1ccccc1NC(=O)COC(=O)/C=C/c1ccc(OC)c(OC)c1. The molecule has 6 nitrogen and oxygen atoms in total. The van der Waals surface area contributed by atoms with E-state index >= 15 is 0 Å². The van der Waals surface area contributed by atoms with Gasteiger partial charge in [-0.15, -0.1) is 0 Å². The normalized spacial score (nSPS) is 10.5. The van der Waals surface area contributed by atoms with Gasteiger partial charge in [-0.3, -0.25) is 4.79 Å². The minimum absolute atomic E-state index is 0.354. The van der Waals surface area contributed by atoms with Crippen LogP contribution in [0.3, 0.4) is 0 Å². The van der Waals surface area contributed by atoms with Crippen LogP contribution in [-0.2, 0) is 20.7 Å². The smallest absolute Gasteiger partial charge is 0.331 e. The predicted molar refractivity (Wildman–Crippen MR) is 104 cm³/mol. The number of esters is 1. The van der Waals surface area contributed by atoms with Crippen LogP contribution in [0.1, 0.15) is 18.1 Å². The molecule has 2 aromatic carbocycles. The van der Waals surface area contributed by atoms with Crippen molar-refractivity contribution in [3.05, 3.63) is 59.7 Å². The summed E-state index contributed by atoms with van der Waals surface area (Å²) in [6.45, 7) is 1.65. The van der Waals surface area contributed by atoms with Crippen LogP contribution >= 0.6 is 0 Å². The van der Waals surface area contributed by atoms with E-state index in [1.807, 2.05) is 31.2 Å². The summed E-state index contributed by atoms with van der Waals surface area (Å²) in [6.07, 6.45) is 3.63. The Kier molecular flexibility index (Phi) is 7.43. The van der Waals surface area contributed by atoms with E-state index in [0.717, 1.165) is 23.2 Å². The van der Waals surface area contributed by atoms with E-state index in [9.17, 15) is 9.59 Å². The van der Waals surface area contributed by atoms with Gasteiger partial charge in [-0.2, -0.15) is 0 Å². The van der Waals surface area contributed by atoms with Crippen molar-refractivity contribution >= 4 is 23.6 Å². The van der Waals surface area contributed by atoms with Gasteiger partial charge in [-0.25, -0.2) is 4.79 Å². The molecule has 1 N–H and O–H groups in total. The molecule has 0 aromatic heterocycles. The molecule has 0 saturated carbocycles. The maximum Gasteiger partial charge on any atom is 0.331 e. The number of hydrogen-bond donors (Lipinski definition) is 1. The van der Waals surface area contributed by atoms with Gasteiger partial charge in [0.15, 0.2) is 18.1 Å².